The Hall–Kier alpha value is -1.64. The summed E-state index contributed by atoms with van der Waals surface area (Å²) >= 11 is 0. The normalized spacial score (nSPS) is 10.3. The molecule has 13 heavy (non-hydrogen) atoms. The van der Waals surface area contributed by atoms with Gasteiger partial charge in [0.15, 0.2) is 6.26 Å². The first-order valence-electron chi connectivity index (χ1n) is 4.12. The Morgan fingerprint density at radius 1 is 1.23 bits per heavy atom. The summed E-state index contributed by atoms with van der Waals surface area (Å²) in [6, 6.07) is 6.10. The van der Waals surface area contributed by atoms with Crippen LogP contribution in [0.5, 0.6) is 0 Å². The van der Waals surface area contributed by atoms with Crippen molar-refractivity contribution in [1.82, 2.24) is 10.4 Å². The second-order valence-electron chi connectivity index (χ2n) is 3.04. The first kappa shape index (κ1) is 7.98. The van der Waals surface area contributed by atoms with Crippen LogP contribution in [0.25, 0.3) is 11.3 Å². The highest BCUT2D eigenvalue weighted by Gasteiger charge is 2.06. The summed E-state index contributed by atoms with van der Waals surface area (Å²) in [6.45, 7) is 4.14. The van der Waals surface area contributed by atoms with E-state index in [-0.39, 0.29) is 0 Å². The number of aromatic nitrogens is 2. The van der Waals surface area contributed by atoms with Gasteiger partial charge in [0.1, 0.15) is 5.69 Å². The van der Waals surface area contributed by atoms with Crippen molar-refractivity contribution >= 4 is 0 Å². The molecule has 0 aliphatic carbocycles. The largest absolute Gasteiger partial charge is 0.345 e. The van der Waals surface area contributed by atoms with E-state index in [1.165, 1.54) is 11.1 Å². The summed E-state index contributed by atoms with van der Waals surface area (Å²) in [7, 11) is 0. The Morgan fingerprint density at radius 2 is 2.08 bits per heavy atom. The molecule has 3 nitrogen and oxygen atoms in total. The van der Waals surface area contributed by atoms with E-state index in [2.05, 4.69) is 30.3 Å². The van der Waals surface area contributed by atoms with Crippen molar-refractivity contribution in [1.29, 1.82) is 0 Å². The van der Waals surface area contributed by atoms with Gasteiger partial charge in [0.25, 0.3) is 0 Å². The summed E-state index contributed by atoms with van der Waals surface area (Å²) in [5, 5.41) is 7.32. The van der Waals surface area contributed by atoms with E-state index in [1.54, 1.807) is 6.26 Å². The molecule has 0 atom stereocenters. The van der Waals surface area contributed by atoms with E-state index in [0.29, 0.717) is 0 Å². The van der Waals surface area contributed by atoms with Gasteiger partial charge in [0.2, 0.25) is 0 Å². The van der Waals surface area contributed by atoms with E-state index in [1.807, 2.05) is 12.1 Å². The summed E-state index contributed by atoms with van der Waals surface area (Å²) in [5.74, 6) is 0. The van der Waals surface area contributed by atoms with Crippen LogP contribution in [0.2, 0.25) is 0 Å². The summed E-state index contributed by atoms with van der Waals surface area (Å²) in [6.07, 6.45) is 1.56. The van der Waals surface area contributed by atoms with E-state index >= 15 is 0 Å². The SMILES string of the molecule is Cc1cccc(-c2conn2)c1C. The molecule has 1 heterocycles. The molecule has 0 spiro atoms. The molecule has 0 N–H and O–H groups in total. The Labute approximate surface area is 76.4 Å². The second kappa shape index (κ2) is 3.01. The van der Waals surface area contributed by atoms with Crippen molar-refractivity contribution in [3.05, 3.63) is 35.6 Å². The monoisotopic (exact) mass is 174 g/mol. The molecule has 2 rings (SSSR count). The zero-order valence-corrected chi connectivity index (χ0v) is 7.61. The molecule has 0 aliphatic rings. The third-order valence-corrected chi connectivity index (χ3v) is 2.24. The molecule has 0 radical (unpaired) electrons. The van der Waals surface area contributed by atoms with Crippen LogP contribution in [-0.2, 0) is 0 Å². The van der Waals surface area contributed by atoms with Crippen LogP contribution in [-0.4, -0.2) is 10.4 Å². The number of hydrogen-bond donors (Lipinski definition) is 0. The number of nitrogens with zero attached hydrogens (tertiary/aromatic N) is 2. The van der Waals surface area contributed by atoms with Gasteiger partial charge in [0, 0.05) is 10.8 Å². The minimum absolute atomic E-state index is 0.793. The highest BCUT2D eigenvalue weighted by Crippen LogP contribution is 2.22. The predicted molar refractivity (Wildman–Crippen MR) is 49.2 cm³/mol. The summed E-state index contributed by atoms with van der Waals surface area (Å²) < 4.78 is 4.70. The van der Waals surface area contributed by atoms with Gasteiger partial charge in [-0.2, -0.15) is 0 Å². The van der Waals surface area contributed by atoms with E-state index in [0.717, 1.165) is 11.3 Å². The van der Waals surface area contributed by atoms with E-state index < -0.39 is 0 Å². The van der Waals surface area contributed by atoms with Crippen molar-refractivity contribution in [2.75, 3.05) is 0 Å². The Morgan fingerprint density at radius 3 is 2.77 bits per heavy atom. The van der Waals surface area contributed by atoms with E-state index in [9.17, 15) is 0 Å². The molecule has 0 aliphatic heterocycles. The molecule has 0 fully saturated rings. The van der Waals surface area contributed by atoms with Gasteiger partial charge >= 0.3 is 0 Å². The number of aryl methyl sites for hydroxylation is 1. The lowest BCUT2D eigenvalue weighted by atomic mass is 10.0. The number of rotatable bonds is 1. The van der Waals surface area contributed by atoms with Crippen molar-refractivity contribution in [3.63, 3.8) is 0 Å². The van der Waals surface area contributed by atoms with Crippen LogP contribution < -0.4 is 0 Å². The van der Waals surface area contributed by atoms with Crippen LogP contribution in [0.4, 0.5) is 0 Å². The summed E-state index contributed by atoms with van der Waals surface area (Å²) in [4.78, 5) is 0. The fourth-order valence-electron chi connectivity index (χ4n) is 1.31. The van der Waals surface area contributed by atoms with E-state index in [4.69, 9.17) is 4.52 Å². The quantitative estimate of drug-likeness (QED) is 0.666. The number of benzene rings is 1. The first-order valence-corrected chi connectivity index (χ1v) is 4.12. The van der Waals surface area contributed by atoms with Crippen molar-refractivity contribution < 1.29 is 4.52 Å². The Bertz CT molecular complexity index is 407. The van der Waals surface area contributed by atoms with Gasteiger partial charge in [-0.15, -0.1) is 5.10 Å². The number of hydrogen-bond acceptors (Lipinski definition) is 3. The standard InChI is InChI=1S/C10H10N2O/c1-7-4-3-5-9(8(7)2)10-6-13-12-11-10/h3-6H,1-2H3. The van der Waals surface area contributed by atoms with Gasteiger partial charge in [0.05, 0.1) is 0 Å². The lowest BCUT2D eigenvalue weighted by molar-refractivity contribution is 0.393. The molecule has 0 amide bonds. The predicted octanol–water partition coefficient (Wildman–Crippen LogP) is 2.35. The third kappa shape index (κ3) is 1.33. The third-order valence-electron chi connectivity index (χ3n) is 2.24. The van der Waals surface area contributed by atoms with Crippen molar-refractivity contribution in [2.45, 2.75) is 13.8 Å². The lowest BCUT2D eigenvalue weighted by Crippen LogP contribution is -1.86. The highest BCUT2D eigenvalue weighted by molar-refractivity contribution is 5.63. The second-order valence-corrected chi connectivity index (χ2v) is 3.04. The molecule has 66 valence electrons. The Kier molecular flexibility index (Phi) is 1.85. The topological polar surface area (TPSA) is 38.9 Å². The highest BCUT2D eigenvalue weighted by atomic mass is 16.5. The molecule has 0 saturated carbocycles. The maximum absolute atomic E-state index is 4.70. The molecular formula is C10H10N2O. The van der Waals surface area contributed by atoms with Gasteiger partial charge in [-0.3, -0.25) is 0 Å². The average Bonchev–Trinajstić information content (AvgIpc) is 2.62. The Balaban J connectivity index is 2.59. The maximum Gasteiger partial charge on any atom is 0.152 e. The smallest absolute Gasteiger partial charge is 0.152 e. The van der Waals surface area contributed by atoms with Gasteiger partial charge < -0.3 is 4.52 Å². The first-order chi connectivity index (χ1) is 6.29. The average molecular weight is 174 g/mol. The van der Waals surface area contributed by atoms with Gasteiger partial charge in [-0.05, 0) is 25.0 Å². The zero-order chi connectivity index (χ0) is 9.26. The lowest BCUT2D eigenvalue weighted by Gasteiger charge is -2.03. The van der Waals surface area contributed by atoms with Crippen LogP contribution in [0.3, 0.4) is 0 Å². The zero-order valence-electron chi connectivity index (χ0n) is 7.61. The fraction of sp³-hybridized carbons (Fsp3) is 0.200. The van der Waals surface area contributed by atoms with Crippen LogP contribution >= 0.6 is 0 Å². The summed E-state index contributed by atoms with van der Waals surface area (Å²) in [5.41, 5.74) is 4.35. The molecule has 1 aromatic heterocycles. The molecule has 2 aromatic rings. The van der Waals surface area contributed by atoms with Crippen molar-refractivity contribution in [3.8, 4) is 11.3 Å². The van der Waals surface area contributed by atoms with Crippen LogP contribution in [0.15, 0.2) is 29.0 Å². The maximum atomic E-state index is 4.70. The van der Waals surface area contributed by atoms with Crippen LogP contribution in [0, 0.1) is 13.8 Å². The molecule has 0 unspecified atom stereocenters. The molecular weight excluding hydrogens is 164 g/mol. The molecule has 0 bridgehead atoms. The van der Waals surface area contributed by atoms with Gasteiger partial charge in [-0.25, -0.2) is 0 Å². The minimum Gasteiger partial charge on any atom is -0.345 e. The minimum atomic E-state index is 0.793. The van der Waals surface area contributed by atoms with Crippen molar-refractivity contribution in [2.24, 2.45) is 0 Å². The molecule has 3 heteroatoms. The fourth-order valence-corrected chi connectivity index (χ4v) is 1.31. The van der Waals surface area contributed by atoms with Crippen LogP contribution in [0.1, 0.15) is 11.1 Å². The molecule has 1 aromatic carbocycles. The molecule has 0 saturated heterocycles. The van der Waals surface area contributed by atoms with Gasteiger partial charge in [-0.1, -0.05) is 18.2 Å².